The number of benzene rings is 2. The van der Waals surface area contributed by atoms with Gasteiger partial charge in [0.15, 0.2) is 0 Å². The quantitative estimate of drug-likeness (QED) is 0.750. The van der Waals surface area contributed by atoms with Crippen LogP contribution in [-0.2, 0) is 15.8 Å². The van der Waals surface area contributed by atoms with E-state index in [4.69, 9.17) is 4.74 Å². The number of likely N-dealkylation sites (tertiary alicyclic amines) is 1. The molecule has 5 nitrogen and oxygen atoms in total. The summed E-state index contributed by atoms with van der Waals surface area (Å²) in [6.45, 7) is 1.92. The molecule has 1 saturated heterocycles. The van der Waals surface area contributed by atoms with Crippen LogP contribution in [0.3, 0.4) is 0 Å². The Morgan fingerprint density at radius 3 is 2.70 bits per heavy atom. The average Bonchev–Trinajstić information content (AvgIpc) is 3.09. The first-order chi connectivity index (χ1) is 13.0. The summed E-state index contributed by atoms with van der Waals surface area (Å²) in [7, 11) is -1.85. The van der Waals surface area contributed by atoms with Gasteiger partial charge in [-0.3, -0.25) is 4.90 Å². The van der Waals surface area contributed by atoms with Crippen LogP contribution in [0, 0.1) is 5.82 Å². The maximum absolute atomic E-state index is 13.2. The van der Waals surface area contributed by atoms with Gasteiger partial charge in [0.05, 0.1) is 12.9 Å². The van der Waals surface area contributed by atoms with Gasteiger partial charge in [0.2, 0.25) is 10.0 Å². The molecule has 1 heterocycles. The summed E-state index contributed by atoms with van der Waals surface area (Å²) in [6, 6.07) is 14.0. The number of methoxy groups -OCH3 is 1. The molecule has 1 aliphatic rings. The topological polar surface area (TPSA) is 58.6 Å². The van der Waals surface area contributed by atoms with Crippen molar-refractivity contribution in [3.63, 3.8) is 0 Å². The molecule has 7 heteroatoms. The highest BCUT2D eigenvalue weighted by atomic mass is 32.2. The van der Waals surface area contributed by atoms with Gasteiger partial charge in [-0.15, -0.1) is 0 Å². The third kappa shape index (κ3) is 5.51. The molecule has 3 rings (SSSR count). The molecule has 0 radical (unpaired) electrons. The van der Waals surface area contributed by atoms with Crippen molar-refractivity contribution in [1.29, 1.82) is 0 Å². The van der Waals surface area contributed by atoms with Crippen LogP contribution in [0.15, 0.2) is 48.5 Å². The predicted octanol–water partition coefficient (Wildman–Crippen LogP) is 3.09. The Morgan fingerprint density at radius 1 is 1.22 bits per heavy atom. The minimum atomic E-state index is -3.49. The molecule has 1 aliphatic heterocycles. The van der Waals surface area contributed by atoms with E-state index in [1.165, 1.54) is 23.8 Å². The van der Waals surface area contributed by atoms with Crippen LogP contribution in [0.2, 0.25) is 0 Å². The van der Waals surface area contributed by atoms with Crippen LogP contribution in [0.5, 0.6) is 5.75 Å². The number of ether oxygens (including phenoxy) is 1. The Balaban J connectivity index is 1.54. The SMILES string of the molecule is COc1ccc(C2CCCN2CCNS(=O)(=O)Cc2cccc(F)c2)cc1. The Hall–Kier alpha value is -1.96. The second-order valence-corrected chi connectivity index (χ2v) is 8.56. The van der Waals surface area contributed by atoms with Gasteiger partial charge in [-0.2, -0.15) is 0 Å². The first-order valence-electron chi connectivity index (χ1n) is 9.06. The number of hydrogen-bond acceptors (Lipinski definition) is 4. The molecule has 0 saturated carbocycles. The lowest BCUT2D eigenvalue weighted by atomic mass is 10.0. The van der Waals surface area contributed by atoms with E-state index in [0.717, 1.165) is 25.1 Å². The Morgan fingerprint density at radius 2 is 2.00 bits per heavy atom. The Bertz CT molecular complexity index is 856. The minimum absolute atomic E-state index is 0.216. The summed E-state index contributed by atoms with van der Waals surface area (Å²) < 4.78 is 45.5. The molecule has 0 spiro atoms. The van der Waals surface area contributed by atoms with Crippen molar-refractivity contribution >= 4 is 10.0 Å². The van der Waals surface area contributed by atoms with E-state index in [-0.39, 0.29) is 5.75 Å². The molecule has 1 N–H and O–H groups in total. The van der Waals surface area contributed by atoms with E-state index in [9.17, 15) is 12.8 Å². The maximum atomic E-state index is 13.2. The summed E-state index contributed by atoms with van der Waals surface area (Å²) in [5.41, 5.74) is 1.66. The maximum Gasteiger partial charge on any atom is 0.215 e. The summed E-state index contributed by atoms with van der Waals surface area (Å²) >= 11 is 0. The normalized spacial score (nSPS) is 17.9. The second-order valence-electron chi connectivity index (χ2n) is 6.75. The van der Waals surface area contributed by atoms with Crippen molar-refractivity contribution in [1.82, 2.24) is 9.62 Å². The van der Waals surface area contributed by atoms with E-state index >= 15 is 0 Å². The molecule has 0 amide bonds. The van der Waals surface area contributed by atoms with Crippen LogP contribution in [0.1, 0.15) is 30.0 Å². The van der Waals surface area contributed by atoms with Gasteiger partial charge < -0.3 is 4.74 Å². The van der Waals surface area contributed by atoms with Gasteiger partial charge >= 0.3 is 0 Å². The molecule has 0 bridgehead atoms. The molecular formula is C20H25FN2O3S. The van der Waals surface area contributed by atoms with Gasteiger partial charge in [-0.05, 0) is 54.8 Å². The molecular weight excluding hydrogens is 367 g/mol. The summed E-state index contributed by atoms with van der Waals surface area (Å²) in [4.78, 5) is 2.30. The summed E-state index contributed by atoms with van der Waals surface area (Å²) in [5.74, 6) is 0.183. The fraction of sp³-hybridized carbons (Fsp3) is 0.400. The largest absolute Gasteiger partial charge is 0.497 e. The molecule has 2 aromatic rings. The first kappa shape index (κ1) is 19.8. The number of halogens is 1. The van der Waals surface area contributed by atoms with Gasteiger partial charge in [0.1, 0.15) is 11.6 Å². The van der Waals surface area contributed by atoms with Gasteiger partial charge in [-0.25, -0.2) is 17.5 Å². The lowest BCUT2D eigenvalue weighted by Gasteiger charge is -2.25. The molecule has 1 atom stereocenters. The second kappa shape index (κ2) is 8.82. The molecule has 0 aliphatic carbocycles. The molecule has 27 heavy (non-hydrogen) atoms. The van der Waals surface area contributed by atoms with Crippen molar-refractivity contribution in [2.45, 2.75) is 24.6 Å². The van der Waals surface area contributed by atoms with Crippen molar-refractivity contribution in [3.05, 3.63) is 65.5 Å². The van der Waals surface area contributed by atoms with Gasteiger partial charge in [0.25, 0.3) is 0 Å². The van der Waals surface area contributed by atoms with E-state index in [1.54, 1.807) is 13.2 Å². The highest BCUT2D eigenvalue weighted by molar-refractivity contribution is 7.88. The fourth-order valence-electron chi connectivity index (χ4n) is 3.54. The third-order valence-corrected chi connectivity index (χ3v) is 6.19. The van der Waals surface area contributed by atoms with E-state index in [0.29, 0.717) is 24.7 Å². The van der Waals surface area contributed by atoms with Crippen LogP contribution < -0.4 is 9.46 Å². The molecule has 1 unspecified atom stereocenters. The van der Waals surface area contributed by atoms with E-state index < -0.39 is 15.8 Å². The third-order valence-electron chi connectivity index (χ3n) is 4.83. The van der Waals surface area contributed by atoms with Crippen molar-refractivity contribution < 1.29 is 17.5 Å². The highest BCUT2D eigenvalue weighted by Gasteiger charge is 2.26. The fourth-order valence-corrected chi connectivity index (χ4v) is 4.66. The number of sulfonamides is 1. The van der Waals surface area contributed by atoms with E-state index in [2.05, 4.69) is 21.8 Å². The Labute approximate surface area is 160 Å². The standard InChI is InChI=1S/C20H25FN2O3S/c1-26-19-9-7-17(8-10-19)20-6-3-12-23(20)13-11-22-27(24,25)15-16-4-2-5-18(21)14-16/h2,4-5,7-10,14,20,22H,3,6,11-13,15H2,1H3. The highest BCUT2D eigenvalue weighted by Crippen LogP contribution is 2.32. The summed E-state index contributed by atoms with van der Waals surface area (Å²) in [6.07, 6.45) is 2.15. The smallest absolute Gasteiger partial charge is 0.215 e. The van der Waals surface area contributed by atoms with Crippen LogP contribution in [0.4, 0.5) is 4.39 Å². The number of nitrogens with one attached hydrogen (secondary N) is 1. The zero-order valence-electron chi connectivity index (χ0n) is 15.4. The first-order valence-corrected chi connectivity index (χ1v) is 10.7. The Kier molecular flexibility index (Phi) is 6.46. The molecule has 0 aromatic heterocycles. The van der Waals surface area contributed by atoms with Crippen LogP contribution in [-0.4, -0.2) is 40.1 Å². The number of rotatable bonds is 8. The van der Waals surface area contributed by atoms with Gasteiger partial charge in [0, 0.05) is 19.1 Å². The monoisotopic (exact) mass is 392 g/mol. The zero-order valence-corrected chi connectivity index (χ0v) is 16.2. The zero-order chi connectivity index (χ0) is 19.3. The molecule has 2 aromatic carbocycles. The lowest BCUT2D eigenvalue weighted by Crippen LogP contribution is -2.35. The average molecular weight is 392 g/mol. The minimum Gasteiger partial charge on any atom is -0.497 e. The van der Waals surface area contributed by atoms with Gasteiger partial charge in [-0.1, -0.05) is 24.3 Å². The summed E-state index contributed by atoms with van der Waals surface area (Å²) in [5, 5.41) is 0. The van der Waals surface area contributed by atoms with Crippen molar-refractivity contribution in [2.24, 2.45) is 0 Å². The lowest BCUT2D eigenvalue weighted by molar-refractivity contribution is 0.261. The predicted molar refractivity (Wildman–Crippen MR) is 104 cm³/mol. The van der Waals surface area contributed by atoms with Crippen molar-refractivity contribution in [2.75, 3.05) is 26.7 Å². The van der Waals surface area contributed by atoms with E-state index in [1.807, 2.05) is 12.1 Å². The van der Waals surface area contributed by atoms with Crippen LogP contribution >= 0.6 is 0 Å². The van der Waals surface area contributed by atoms with Crippen molar-refractivity contribution in [3.8, 4) is 5.75 Å². The molecule has 146 valence electrons. The number of hydrogen-bond donors (Lipinski definition) is 1. The van der Waals surface area contributed by atoms with Crippen LogP contribution in [0.25, 0.3) is 0 Å². The number of nitrogens with zero attached hydrogens (tertiary/aromatic N) is 1. The molecule has 1 fully saturated rings.